The quantitative estimate of drug-likeness (QED) is 0.334. The Morgan fingerprint density at radius 1 is 0.935 bits per heavy atom. The van der Waals surface area contributed by atoms with Crippen molar-refractivity contribution in [1.29, 1.82) is 0 Å². The zero-order valence-corrected chi connectivity index (χ0v) is 18.9. The lowest BCUT2D eigenvalue weighted by Crippen LogP contribution is -2.04. The van der Waals surface area contributed by atoms with Crippen LogP contribution in [0.5, 0.6) is 11.5 Å². The van der Waals surface area contributed by atoms with Crippen LogP contribution in [0.1, 0.15) is 22.3 Å². The second-order valence-electron chi connectivity index (χ2n) is 6.99. The van der Waals surface area contributed by atoms with Crippen molar-refractivity contribution in [2.45, 2.75) is 24.8 Å². The lowest BCUT2D eigenvalue weighted by molar-refractivity contribution is 0.124. The van der Waals surface area contributed by atoms with E-state index in [1.165, 1.54) is 0 Å². The standard InChI is InChI=1S/C25H27NO4S/c1-19-9-11-23(12-10-19)31(27)26-17-22-16-25(29-3)24(28-2)15-21(22)13-14-30-18-20-7-5-4-6-8-20/h4-12,15-17H,13-14,18H2,1-3H3/b26-17+. The average molecular weight is 438 g/mol. The van der Waals surface area contributed by atoms with E-state index in [1.54, 1.807) is 20.4 Å². The number of ether oxygens (including phenoxy) is 3. The first-order chi connectivity index (χ1) is 15.1. The van der Waals surface area contributed by atoms with Gasteiger partial charge in [0.15, 0.2) is 22.5 Å². The van der Waals surface area contributed by atoms with E-state index in [0.717, 1.165) is 22.3 Å². The summed E-state index contributed by atoms with van der Waals surface area (Å²) in [7, 11) is 1.71. The van der Waals surface area contributed by atoms with Crippen LogP contribution in [-0.4, -0.2) is 31.2 Å². The molecule has 5 nitrogen and oxygen atoms in total. The summed E-state index contributed by atoms with van der Waals surface area (Å²) in [6.07, 6.45) is 2.29. The molecule has 6 heteroatoms. The number of hydrogen-bond acceptors (Lipinski definition) is 4. The minimum absolute atomic E-state index is 0.534. The van der Waals surface area contributed by atoms with Crippen molar-refractivity contribution in [1.82, 2.24) is 0 Å². The van der Waals surface area contributed by atoms with E-state index < -0.39 is 11.0 Å². The Hall–Kier alpha value is -2.96. The molecular weight excluding hydrogens is 410 g/mol. The molecule has 0 saturated carbocycles. The maximum absolute atomic E-state index is 12.6. The van der Waals surface area contributed by atoms with Gasteiger partial charge >= 0.3 is 0 Å². The number of nitrogens with zero attached hydrogens (tertiary/aromatic N) is 1. The predicted octanol–water partition coefficient (Wildman–Crippen LogP) is 4.91. The summed E-state index contributed by atoms with van der Waals surface area (Å²) in [6, 6.07) is 21.3. The third kappa shape index (κ3) is 6.51. The second-order valence-corrected chi connectivity index (χ2v) is 8.17. The van der Waals surface area contributed by atoms with Gasteiger partial charge < -0.3 is 14.2 Å². The number of aryl methyl sites for hydroxylation is 1. The summed E-state index contributed by atoms with van der Waals surface area (Å²) in [5, 5.41) is 0. The van der Waals surface area contributed by atoms with Gasteiger partial charge in [-0.15, -0.1) is 0 Å². The highest BCUT2D eigenvalue weighted by Crippen LogP contribution is 2.30. The molecule has 0 spiro atoms. The Morgan fingerprint density at radius 2 is 1.61 bits per heavy atom. The van der Waals surface area contributed by atoms with Crippen molar-refractivity contribution < 1.29 is 18.4 Å². The zero-order valence-electron chi connectivity index (χ0n) is 18.0. The highest BCUT2D eigenvalue weighted by Gasteiger charge is 2.11. The van der Waals surface area contributed by atoms with Crippen molar-refractivity contribution >= 4 is 17.2 Å². The Balaban J connectivity index is 1.75. The number of rotatable bonds is 10. The minimum Gasteiger partial charge on any atom is -0.493 e. The normalized spacial score (nSPS) is 12.1. The summed E-state index contributed by atoms with van der Waals surface area (Å²) in [5.74, 6) is 1.23. The first-order valence-electron chi connectivity index (χ1n) is 10.00. The van der Waals surface area contributed by atoms with Crippen molar-refractivity contribution in [2.24, 2.45) is 4.40 Å². The molecule has 31 heavy (non-hydrogen) atoms. The molecule has 0 aliphatic rings. The molecule has 0 fully saturated rings. The number of methoxy groups -OCH3 is 2. The van der Waals surface area contributed by atoms with Gasteiger partial charge in [-0.1, -0.05) is 48.0 Å². The van der Waals surface area contributed by atoms with Crippen LogP contribution in [0.25, 0.3) is 0 Å². The molecule has 3 rings (SSSR count). The van der Waals surface area contributed by atoms with Gasteiger partial charge in [0.25, 0.3) is 0 Å². The van der Waals surface area contributed by atoms with Crippen LogP contribution in [0, 0.1) is 6.92 Å². The van der Waals surface area contributed by atoms with Crippen molar-refractivity contribution in [3.8, 4) is 11.5 Å². The molecule has 0 saturated heterocycles. The molecule has 0 N–H and O–H groups in total. The minimum atomic E-state index is -1.48. The number of benzene rings is 3. The Kier molecular flexibility index (Phi) is 8.38. The van der Waals surface area contributed by atoms with E-state index >= 15 is 0 Å². The van der Waals surface area contributed by atoms with Gasteiger partial charge in [0, 0.05) is 11.8 Å². The monoisotopic (exact) mass is 437 g/mol. The van der Waals surface area contributed by atoms with Crippen LogP contribution in [0.2, 0.25) is 0 Å². The highest BCUT2D eigenvalue weighted by atomic mass is 32.2. The molecule has 1 unspecified atom stereocenters. The topological polar surface area (TPSA) is 57.1 Å². The van der Waals surface area contributed by atoms with Crippen LogP contribution in [0.3, 0.4) is 0 Å². The third-order valence-corrected chi connectivity index (χ3v) is 5.76. The molecule has 0 radical (unpaired) electrons. The van der Waals surface area contributed by atoms with Crippen LogP contribution in [0.15, 0.2) is 76.0 Å². The van der Waals surface area contributed by atoms with Crippen LogP contribution in [-0.2, 0) is 28.8 Å². The lowest BCUT2D eigenvalue weighted by atomic mass is 10.0. The van der Waals surface area contributed by atoms with Gasteiger partial charge in [0.2, 0.25) is 0 Å². The molecule has 162 valence electrons. The molecule has 3 aromatic carbocycles. The molecule has 0 heterocycles. The van der Waals surface area contributed by atoms with E-state index in [-0.39, 0.29) is 0 Å². The van der Waals surface area contributed by atoms with Crippen LogP contribution in [0.4, 0.5) is 0 Å². The Morgan fingerprint density at radius 3 is 2.29 bits per heavy atom. The molecule has 0 aliphatic carbocycles. The van der Waals surface area contributed by atoms with Crippen molar-refractivity contribution in [3.63, 3.8) is 0 Å². The van der Waals surface area contributed by atoms with Gasteiger partial charge in [-0.3, -0.25) is 0 Å². The fourth-order valence-electron chi connectivity index (χ4n) is 3.04. The van der Waals surface area contributed by atoms with E-state index in [4.69, 9.17) is 14.2 Å². The van der Waals surface area contributed by atoms with E-state index in [0.29, 0.717) is 36.0 Å². The molecular formula is C25H27NO4S. The molecule has 0 bridgehead atoms. The first-order valence-corrected chi connectivity index (χ1v) is 11.1. The van der Waals surface area contributed by atoms with E-state index in [2.05, 4.69) is 4.40 Å². The Bertz CT molecular complexity index is 1030. The predicted molar refractivity (Wildman–Crippen MR) is 125 cm³/mol. The van der Waals surface area contributed by atoms with Gasteiger partial charge in [0.1, 0.15) is 0 Å². The molecule has 0 aliphatic heterocycles. The largest absolute Gasteiger partial charge is 0.493 e. The van der Waals surface area contributed by atoms with E-state index in [9.17, 15) is 4.21 Å². The third-order valence-electron chi connectivity index (χ3n) is 4.78. The van der Waals surface area contributed by atoms with Gasteiger partial charge in [-0.2, -0.15) is 4.40 Å². The van der Waals surface area contributed by atoms with Gasteiger partial charge in [0.05, 0.1) is 32.3 Å². The van der Waals surface area contributed by atoms with Crippen LogP contribution >= 0.6 is 0 Å². The maximum Gasteiger partial charge on any atom is 0.172 e. The Labute approximate surface area is 186 Å². The first kappa shape index (κ1) is 22.7. The summed E-state index contributed by atoms with van der Waals surface area (Å²) in [5.41, 5.74) is 4.05. The second kappa shape index (κ2) is 11.4. The van der Waals surface area contributed by atoms with Crippen molar-refractivity contribution in [3.05, 3.63) is 89.0 Å². The molecule has 3 aromatic rings. The molecule has 0 amide bonds. The molecule has 0 aromatic heterocycles. The highest BCUT2D eigenvalue weighted by molar-refractivity contribution is 7.83. The lowest BCUT2D eigenvalue weighted by Gasteiger charge is -2.13. The van der Waals surface area contributed by atoms with E-state index in [1.807, 2.05) is 73.7 Å². The SMILES string of the molecule is COc1cc(/C=N/S(=O)c2ccc(C)cc2)c(CCOCc2ccccc2)cc1OC. The fraction of sp³-hybridized carbons (Fsp3) is 0.240. The summed E-state index contributed by atoms with van der Waals surface area (Å²) < 4.78 is 33.5. The summed E-state index contributed by atoms with van der Waals surface area (Å²) in [4.78, 5) is 0.662. The summed E-state index contributed by atoms with van der Waals surface area (Å²) >= 11 is 0. The van der Waals surface area contributed by atoms with Crippen LogP contribution < -0.4 is 9.47 Å². The van der Waals surface area contributed by atoms with Crippen molar-refractivity contribution in [2.75, 3.05) is 20.8 Å². The van der Waals surface area contributed by atoms with Gasteiger partial charge in [-0.25, -0.2) is 4.21 Å². The maximum atomic E-state index is 12.6. The fourth-order valence-corrected chi connectivity index (χ4v) is 3.74. The number of hydrogen-bond donors (Lipinski definition) is 0. The average Bonchev–Trinajstić information content (AvgIpc) is 2.81. The molecule has 1 atom stereocenters. The van der Waals surface area contributed by atoms with Gasteiger partial charge in [-0.05, 0) is 48.7 Å². The summed E-state index contributed by atoms with van der Waals surface area (Å²) in [6.45, 7) is 3.08. The zero-order chi connectivity index (χ0) is 22.1. The smallest absolute Gasteiger partial charge is 0.172 e.